The van der Waals surface area contributed by atoms with Crippen molar-refractivity contribution in [3.8, 4) is 0 Å². The summed E-state index contributed by atoms with van der Waals surface area (Å²) in [6.45, 7) is 0. The Morgan fingerprint density at radius 1 is 1.43 bits per heavy atom. The molecule has 1 aromatic rings. The van der Waals surface area contributed by atoms with Crippen LogP contribution in [0, 0.1) is 5.82 Å². The van der Waals surface area contributed by atoms with Gasteiger partial charge in [-0.2, -0.15) is 0 Å². The number of carbonyl (C=O) groups is 1. The maximum Gasteiger partial charge on any atom is 0.142 e. The second-order valence-electron chi connectivity index (χ2n) is 3.55. The summed E-state index contributed by atoms with van der Waals surface area (Å²) in [5, 5.41) is 0.104. The van der Waals surface area contributed by atoms with Crippen LogP contribution in [-0.4, -0.2) is 5.78 Å². The summed E-state index contributed by atoms with van der Waals surface area (Å²) in [6.07, 6.45) is 2.27. The van der Waals surface area contributed by atoms with E-state index >= 15 is 0 Å². The number of ketones is 1. The lowest BCUT2D eigenvalue weighted by Crippen LogP contribution is -2.05. The number of hydrogen-bond acceptors (Lipinski definition) is 1. The first-order valence-corrected chi connectivity index (χ1v) is 5.04. The zero-order valence-corrected chi connectivity index (χ0v) is 8.35. The van der Waals surface area contributed by atoms with Crippen LogP contribution in [0.4, 0.5) is 4.39 Å². The lowest BCUT2D eigenvalue weighted by molar-refractivity contribution is -0.118. The molecule has 1 fully saturated rings. The van der Waals surface area contributed by atoms with E-state index in [4.69, 9.17) is 11.6 Å². The quantitative estimate of drug-likeness (QED) is 0.698. The predicted molar refractivity (Wildman–Crippen MR) is 53.0 cm³/mol. The number of carbonyl (C=O) groups excluding carboxylic acids is 1. The van der Waals surface area contributed by atoms with Crippen LogP contribution in [-0.2, 0) is 4.79 Å². The fourth-order valence-corrected chi connectivity index (χ4v) is 2.19. The molecule has 1 nitrogen and oxygen atoms in total. The number of Topliss-reactive ketones (excluding diaryl/α,β-unsaturated/α-hetero) is 1. The molecular formula is C11H10ClFO. The molecule has 74 valence electrons. The van der Waals surface area contributed by atoms with Gasteiger partial charge in [0.05, 0.1) is 5.02 Å². The Bertz CT molecular complexity index is 376. The minimum atomic E-state index is -0.441. The molecule has 2 rings (SSSR count). The van der Waals surface area contributed by atoms with E-state index in [-0.39, 0.29) is 16.7 Å². The Morgan fingerprint density at radius 3 is 2.86 bits per heavy atom. The standard InChI is InChI=1S/C11H10ClFO/c12-11-8(4-1-5-9(11)13)7-3-2-6-10(7)14/h1,4-5,7H,2-3,6H2. The van der Waals surface area contributed by atoms with Gasteiger partial charge in [-0.1, -0.05) is 23.7 Å². The molecule has 1 saturated carbocycles. The Labute approximate surface area is 86.9 Å². The highest BCUT2D eigenvalue weighted by atomic mass is 35.5. The molecule has 0 spiro atoms. The summed E-state index contributed by atoms with van der Waals surface area (Å²) >= 11 is 5.81. The van der Waals surface area contributed by atoms with Gasteiger partial charge in [0.1, 0.15) is 11.6 Å². The van der Waals surface area contributed by atoms with Crippen LogP contribution in [0.3, 0.4) is 0 Å². The summed E-state index contributed by atoms with van der Waals surface area (Å²) in [7, 11) is 0. The zero-order chi connectivity index (χ0) is 10.1. The van der Waals surface area contributed by atoms with Gasteiger partial charge in [0.2, 0.25) is 0 Å². The molecule has 0 bridgehead atoms. The molecule has 3 heteroatoms. The van der Waals surface area contributed by atoms with Gasteiger partial charge in [-0.15, -0.1) is 0 Å². The van der Waals surface area contributed by atoms with E-state index in [9.17, 15) is 9.18 Å². The monoisotopic (exact) mass is 212 g/mol. The molecule has 0 heterocycles. The first-order valence-electron chi connectivity index (χ1n) is 4.67. The summed E-state index contributed by atoms with van der Waals surface area (Å²) in [4.78, 5) is 11.5. The second-order valence-corrected chi connectivity index (χ2v) is 3.93. The van der Waals surface area contributed by atoms with Gasteiger partial charge in [-0.25, -0.2) is 4.39 Å². The molecule has 1 aromatic carbocycles. The molecule has 1 aliphatic rings. The van der Waals surface area contributed by atoms with Crippen molar-refractivity contribution in [1.82, 2.24) is 0 Å². The largest absolute Gasteiger partial charge is 0.299 e. The fourth-order valence-electron chi connectivity index (χ4n) is 1.93. The highest BCUT2D eigenvalue weighted by Crippen LogP contribution is 2.35. The lowest BCUT2D eigenvalue weighted by Gasteiger charge is -2.10. The van der Waals surface area contributed by atoms with Crippen molar-refractivity contribution in [2.75, 3.05) is 0 Å². The molecule has 0 saturated heterocycles. The zero-order valence-electron chi connectivity index (χ0n) is 7.59. The van der Waals surface area contributed by atoms with Crippen molar-refractivity contribution < 1.29 is 9.18 Å². The van der Waals surface area contributed by atoms with E-state index in [0.717, 1.165) is 12.8 Å². The molecular weight excluding hydrogens is 203 g/mol. The number of rotatable bonds is 1. The van der Waals surface area contributed by atoms with Gasteiger partial charge in [0.25, 0.3) is 0 Å². The topological polar surface area (TPSA) is 17.1 Å². The first-order chi connectivity index (χ1) is 6.70. The van der Waals surface area contributed by atoms with Crippen molar-refractivity contribution in [1.29, 1.82) is 0 Å². The maximum atomic E-state index is 13.1. The molecule has 0 N–H and O–H groups in total. The van der Waals surface area contributed by atoms with Gasteiger partial charge < -0.3 is 0 Å². The fraction of sp³-hybridized carbons (Fsp3) is 0.364. The third kappa shape index (κ3) is 1.55. The Balaban J connectivity index is 2.41. The molecule has 14 heavy (non-hydrogen) atoms. The molecule has 1 unspecified atom stereocenters. The van der Waals surface area contributed by atoms with Crippen LogP contribution in [0.1, 0.15) is 30.7 Å². The van der Waals surface area contributed by atoms with Crippen LogP contribution in [0.15, 0.2) is 18.2 Å². The molecule has 1 atom stereocenters. The van der Waals surface area contributed by atoms with E-state index in [1.165, 1.54) is 6.07 Å². The van der Waals surface area contributed by atoms with E-state index in [0.29, 0.717) is 12.0 Å². The maximum absolute atomic E-state index is 13.1. The van der Waals surface area contributed by atoms with Gasteiger partial charge in [-0.05, 0) is 24.5 Å². The third-order valence-corrected chi connectivity index (χ3v) is 3.06. The number of hydrogen-bond donors (Lipinski definition) is 0. The van der Waals surface area contributed by atoms with Gasteiger partial charge in [0.15, 0.2) is 0 Å². The van der Waals surface area contributed by atoms with E-state index < -0.39 is 5.82 Å². The van der Waals surface area contributed by atoms with Crippen LogP contribution in [0.2, 0.25) is 5.02 Å². The predicted octanol–water partition coefficient (Wildman–Crippen LogP) is 3.32. The molecule has 0 aliphatic heterocycles. The van der Waals surface area contributed by atoms with Crippen LogP contribution >= 0.6 is 11.6 Å². The Kier molecular flexibility index (Phi) is 2.55. The number of benzene rings is 1. The van der Waals surface area contributed by atoms with Crippen molar-refractivity contribution in [2.45, 2.75) is 25.2 Å². The summed E-state index contributed by atoms with van der Waals surface area (Å²) in [5.74, 6) is -0.445. The Hall–Kier alpha value is -0.890. The summed E-state index contributed by atoms with van der Waals surface area (Å²) < 4.78 is 13.1. The third-order valence-electron chi connectivity index (χ3n) is 2.66. The molecule has 1 aliphatic carbocycles. The smallest absolute Gasteiger partial charge is 0.142 e. The SMILES string of the molecule is O=C1CCCC1c1cccc(F)c1Cl. The number of halogens is 2. The van der Waals surface area contributed by atoms with Crippen LogP contribution in [0.5, 0.6) is 0 Å². The first kappa shape index (κ1) is 9.66. The van der Waals surface area contributed by atoms with Crippen molar-refractivity contribution in [3.05, 3.63) is 34.6 Å². The lowest BCUT2D eigenvalue weighted by atomic mass is 9.97. The van der Waals surface area contributed by atoms with Crippen molar-refractivity contribution in [3.63, 3.8) is 0 Å². The van der Waals surface area contributed by atoms with Gasteiger partial charge in [-0.3, -0.25) is 4.79 Å². The van der Waals surface area contributed by atoms with E-state index in [2.05, 4.69) is 0 Å². The Morgan fingerprint density at radius 2 is 2.21 bits per heavy atom. The summed E-state index contributed by atoms with van der Waals surface area (Å²) in [6, 6.07) is 4.65. The van der Waals surface area contributed by atoms with Gasteiger partial charge in [0, 0.05) is 12.3 Å². The normalized spacial score (nSPS) is 21.6. The average molecular weight is 213 g/mol. The highest BCUT2D eigenvalue weighted by Gasteiger charge is 2.28. The minimum Gasteiger partial charge on any atom is -0.299 e. The minimum absolute atomic E-state index is 0.104. The van der Waals surface area contributed by atoms with Crippen LogP contribution < -0.4 is 0 Å². The van der Waals surface area contributed by atoms with Crippen molar-refractivity contribution in [2.24, 2.45) is 0 Å². The van der Waals surface area contributed by atoms with Crippen molar-refractivity contribution >= 4 is 17.4 Å². The summed E-state index contributed by atoms with van der Waals surface area (Å²) in [5.41, 5.74) is 0.647. The molecule has 0 radical (unpaired) electrons. The highest BCUT2D eigenvalue weighted by molar-refractivity contribution is 6.31. The average Bonchev–Trinajstić information content (AvgIpc) is 2.57. The van der Waals surface area contributed by atoms with E-state index in [1.807, 2.05) is 0 Å². The van der Waals surface area contributed by atoms with Crippen LogP contribution in [0.25, 0.3) is 0 Å². The van der Waals surface area contributed by atoms with Gasteiger partial charge >= 0.3 is 0 Å². The molecule has 0 amide bonds. The second kappa shape index (κ2) is 3.70. The van der Waals surface area contributed by atoms with E-state index in [1.54, 1.807) is 12.1 Å². The molecule has 0 aromatic heterocycles.